The molecule has 0 unspecified atom stereocenters. The van der Waals surface area contributed by atoms with Crippen LogP contribution in [-0.2, 0) is 6.42 Å². The van der Waals surface area contributed by atoms with E-state index < -0.39 is 18.6 Å². The van der Waals surface area contributed by atoms with Crippen LogP contribution in [0.25, 0.3) is 5.57 Å². The molecule has 0 saturated heterocycles. The van der Waals surface area contributed by atoms with E-state index in [1.165, 1.54) is 0 Å². The Hall–Kier alpha value is -2.09. The van der Waals surface area contributed by atoms with Gasteiger partial charge in [0.1, 0.15) is 17.3 Å². The highest BCUT2D eigenvalue weighted by molar-refractivity contribution is 9.10. The molecule has 31 heavy (non-hydrogen) atoms. The van der Waals surface area contributed by atoms with Crippen molar-refractivity contribution < 1.29 is 21.9 Å². The van der Waals surface area contributed by atoms with Gasteiger partial charge in [-0.2, -0.15) is 0 Å². The Labute approximate surface area is 188 Å². The normalized spacial score (nSPS) is 17.6. The molecule has 8 heteroatoms. The van der Waals surface area contributed by atoms with Crippen molar-refractivity contribution in [2.24, 2.45) is 0 Å². The topological polar surface area (TPSA) is 7.94 Å². The van der Waals surface area contributed by atoms with Crippen molar-refractivity contribution in [3.8, 4) is 0 Å². The number of rotatable bonds is 3. The van der Waals surface area contributed by atoms with Crippen LogP contribution in [0.2, 0.25) is 0 Å². The standard InChI is InChI=1S/C23H24BBrF4N2/c1-7-16-11(3)22-20(18-9-15(26)10-19(25)21(18)27)23-12(4)17(8-2)14(6)31(23)24(28,29)30(22)13(16)5/h9-10H,7-8H2,1-6H3. The summed E-state index contributed by atoms with van der Waals surface area (Å²) in [6.45, 7) is 6.56. The van der Waals surface area contributed by atoms with Crippen LogP contribution in [-0.4, -0.2) is 21.6 Å². The van der Waals surface area contributed by atoms with E-state index in [1.54, 1.807) is 27.7 Å². The summed E-state index contributed by atoms with van der Waals surface area (Å²) in [7, 11) is 0. The molecule has 0 amide bonds. The Morgan fingerprint density at radius 2 is 1.68 bits per heavy atom. The maximum atomic E-state index is 16.1. The maximum Gasteiger partial charge on any atom is 0.737 e. The number of aromatic nitrogens is 1. The number of nitrogens with zero attached hydrogens (tertiary/aromatic N) is 2. The van der Waals surface area contributed by atoms with E-state index in [-0.39, 0.29) is 21.4 Å². The van der Waals surface area contributed by atoms with E-state index in [2.05, 4.69) is 15.9 Å². The summed E-state index contributed by atoms with van der Waals surface area (Å²) in [4.78, 5) is 0. The number of halogens is 5. The van der Waals surface area contributed by atoms with Crippen molar-refractivity contribution in [2.45, 2.75) is 54.4 Å². The van der Waals surface area contributed by atoms with Gasteiger partial charge < -0.3 is 17.6 Å². The predicted octanol–water partition coefficient (Wildman–Crippen LogP) is 6.92. The molecule has 0 bridgehead atoms. The Morgan fingerprint density at radius 3 is 2.26 bits per heavy atom. The molecule has 0 atom stereocenters. The largest absolute Gasteiger partial charge is 0.737 e. The number of allylic oxidation sites excluding steroid dienone is 2. The maximum absolute atomic E-state index is 16.1. The second kappa shape index (κ2) is 7.22. The zero-order valence-corrected chi connectivity index (χ0v) is 20.0. The molecule has 0 fully saturated rings. The van der Waals surface area contributed by atoms with Crippen LogP contribution in [0.4, 0.5) is 17.4 Å². The summed E-state index contributed by atoms with van der Waals surface area (Å²) in [5, 5.41) is 0. The Morgan fingerprint density at radius 1 is 1.03 bits per heavy atom. The average Bonchev–Trinajstić information content (AvgIpc) is 3.10. The third-order valence-electron chi connectivity index (χ3n) is 6.76. The van der Waals surface area contributed by atoms with Gasteiger partial charge in [0.15, 0.2) is 5.70 Å². The van der Waals surface area contributed by atoms with Gasteiger partial charge in [-0.25, -0.2) is 8.78 Å². The first-order chi connectivity index (χ1) is 14.5. The van der Waals surface area contributed by atoms with Crippen molar-refractivity contribution in [1.82, 2.24) is 4.48 Å². The van der Waals surface area contributed by atoms with E-state index in [4.69, 9.17) is 0 Å². The lowest BCUT2D eigenvalue weighted by molar-refractivity contribution is -0.363. The van der Waals surface area contributed by atoms with Crippen LogP contribution in [0.15, 0.2) is 33.4 Å². The highest BCUT2D eigenvalue weighted by atomic mass is 79.9. The molecule has 4 rings (SSSR count). The van der Waals surface area contributed by atoms with Crippen LogP contribution < -0.4 is 0 Å². The smallest absolute Gasteiger partial charge is 0.393 e. The molecule has 0 saturated carbocycles. The first-order valence-electron chi connectivity index (χ1n) is 10.4. The lowest BCUT2D eigenvalue weighted by atomic mass is 9.83. The van der Waals surface area contributed by atoms with Gasteiger partial charge in [-0.15, -0.1) is 0 Å². The molecular weight excluding hydrogens is 471 g/mol. The molecule has 2 nitrogen and oxygen atoms in total. The minimum Gasteiger partial charge on any atom is -0.393 e. The Balaban J connectivity index is 2.28. The predicted molar refractivity (Wildman–Crippen MR) is 121 cm³/mol. The molecule has 1 aromatic carbocycles. The van der Waals surface area contributed by atoms with Crippen molar-refractivity contribution in [1.29, 1.82) is 0 Å². The molecule has 0 radical (unpaired) electrons. The van der Waals surface area contributed by atoms with Gasteiger partial charge in [0.25, 0.3) is 0 Å². The zero-order valence-electron chi connectivity index (χ0n) is 18.4. The van der Waals surface area contributed by atoms with E-state index in [1.807, 2.05) is 13.8 Å². The summed E-state index contributed by atoms with van der Waals surface area (Å²) in [5.41, 5.74) is 4.73. The third kappa shape index (κ3) is 2.79. The number of fused-ring (bicyclic) bond motifs is 2. The fourth-order valence-electron chi connectivity index (χ4n) is 5.47. The molecule has 2 aliphatic rings. The van der Waals surface area contributed by atoms with Crippen molar-refractivity contribution in [3.63, 3.8) is 0 Å². The quantitative estimate of drug-likeness (QED) is 0.248. The second-order valence-corrected chi connectivity index (χ2v) is 9.09. The Kier molecular flexibility index (Phi) is 5.15. The van der Waals surface area contributed by atoms with Crippen molar-refractivity contribution in [2.75, 3.05) is 0 Å². The second-order valence-electron chi connectivity index (χ2n) is 8.23. The minimum atomic E-state index is -4.20. The van der Waals surface area contributed by atoms with Gasteiger partial charge in [-0.1, -0.05) is 13.8 Å². The van der Waals surface area contributed by atoms with Crippen LogP contribution in [0.1, 0.15) is 62.2 Å². The average molecular weight is 495 g/mol. The number of hydrogen-bond donors (Lipinski definition) is 0. The van der Waals surface area contributed by atoms with Crippen LogP contribution in [0, 0.1) is 25.5 Å². The van der Waals surface area contributed by atoms with Gasteiger partial charge in [0, 0.05) is 29.3 Å². The fourth-order valence-corrected chi connectivity index (χ4v) is 5.90. The van der Waals surface area contributed by atoms with E-state index in [0.717, 1.165) is 32.2 Å². The van der Waals surface area contributed by atoms with E-state index in [0.29, 0.717) is 41.0 Å². The summed E-state index contributed by atoms with van der Waals surface area (Å²) in [6.07, 6.45) is 1.14. The van der Waals surface area contributed by atoms with E-state index >= 15 is 13.0 Å². The minimum absolute atomic E-state index is 0.0211. The third-order valence-corrected chi connectivity index (χ3v) is 7.34. The molecule has 1 aromatic heterocycles. The van der Waals surface area contributed by atoms with E-state index in [9.17, 15) is 4.39 Å². The van der Waals surface area contributed by atoms with Gasteiger partial charge in [0.05, 0.1) is 10.0 Å². The summed E-state index contributed by atoms with van der Waals surface area (Å²) in [6, 6.07) is 2.14. The molecule has 3 heterocycles. The lowest BCUT2D eigenvalue weighted by Crippen LogP contribution is -2.51. The lowest BCUT2D eigenvalue weighted by Gasteiger charge is -2.34. The number of benzene rings is 1. The van der Waals surface area contributed by atoms with Crippen molar-refractivity contribution >= 4 is 34.2 Å². The summed E-state index contributed by atoms with van der Waals surface area (Å²) in [5.74, 6) is -1.30. The highest BCUT2D eigenvalue weighted by Gasteiger charge is 2.57. The van der Waals surface area contributed by atoms with Gasteiger partial charge >= 0.3 is 6.97 Å². The van der Waals surface area contributed by atoms with Crippen LogP contribution in [0.5, 0.6) is 0 Å². The zero-order chi connectivity index (χ0) is 23.0. The molecule has 0 spiro atoms. The highest BCUT2D eigenvalue weighted by Crippen LogP contribution is 2.48. The van der Waals surface area contributed by atoms with Crippen molar-refractivity contribution in [3.05, 3.63) is 73.2 Å². The molecule has 164 valence electrons. The monoisotopic (exact) mass is 494 g/mol. The summed E-state index contributed by atoms with van der Waals surface area (Å²) >= 11 is 3.08. The Bertz CT molecular complexity index is 1250. The first-order valence-corrected chi connectivity index (χ1v) is 11.2. The molecular formula is C23H24BBrF4N2. The van der Waals surface area contributed by atoms with Crippen LogP contribution in [0.3, 0.4) is 0 Å². The van der Waals surface area contributed by atoms with Gasteiger partial charge in [0.2, 0.25) is 0 Å². The SMILES string of the molecule is CCC1=C(C)C2=C(c3cc(F)cc(Br)c3F)c3c(C)c(CC)c(C)n3[B-](F)(F)[N+]2=C1C. The molecule has 0 N–H and O–H groups in total. The van der Waals surface area contributed by atoms with Gasteiger partial charge in [-0.3, -0.25) is 0 Å². The molecule has 2 aromatic rings. The van der Waals surface area contributed by atoms with Gasteiger partial charge in [-0.05, 0) is 78.5 Å². The first kappa shape index (κ1) is 22.1. The fraction of sp³-hybridized carbons (Fsp3) is 0.348. The molecule has 2 aliphatic heterocycles. The number of hydrogen-bond acceptors (Lipinski definition) is 0. The van der Waals surface area contributed by atoms with Crippen LogP contribution >= 0.6 is 15.9 Å². The molecule has 0 aliphatic carbocycles. The summed E-state index contributed by atoms with van der Waals surface area (Å²) < 4.78 is 64.1.